The van der Waals surface area contributed by atoms with Crippen molar-refractivity contribution in [3.8, 4) is 5.88 Å². The zero-order valence-electron chi connectivity index (χ0n) is 21.8. The van der Waals surface area contributed by atoms with Gasteiger partial charge in [-0.1, -0.05) is 67.6 Å². The lowest BCUT2D eigenvalue weighted by molar-refractivity contribution is 0.0373. The highest BCUT2D eigenvalue weighted by Gasteiger charge is 2.35. The topological polar surface area (TPSA) is 100 Å². The van der Waals surface area contributed by atoms with E-state index in [1.54, 1.807) is 54.4 Å². The molecule has 0 unspecified atom stereocenters. The number of carbonyl (C=O) groups is 1. The number of pyridine rings is 1. The summed E-state index contributed by atoms with van der Waals surface area (Å²) < 4.78 is 33.8. The van der Waals surface area contributed by atoms with E-state index in [0.717, 1.165) is 11.1 Å². The second kappa shape index (κ2) is 11.9. The predicted molar refractivity (Wildman–Crippen MR) is 147 cm³/mol. The van der Waals surface area contributed by atoms with Crippen LogP contribution in [0.5, 0.6) is 5.88 Å². The molecule has 9 heteroatoms. The molecule has 3 aromatic rings. The molecule has 0 fully saturated rings. The van der Waals surface area contributed by atoms with Gasteiger partial charge >= 0.3 is 0 Å². The molecule has 8 nitrogen and oxygen atoms in total. The first-order chi connectivity index (χ1) is 18.2. The molecule has 0 saturated carbocycles. The van der Waals surface area contributed by atoms with Gasteiger partial charge in [-0.25, -0.2) is 13.4 Å². The van der Waals surface area contributed by atoms with E-state index in [-0.39, 0.29) is 47.9 Å². The Kier molecular flexibility index (Phi) is 8.61. The SMILES string of the molecule is C[C@H](CO)N1C[C@H](C)[C@@H](CN(C)S(=O)(=O)c2ccccc2)Oc2ncc(/C=C/c3ccccc3)cc2C1=O. The van der Waals surface area contributed by atoms with Crippen LogP contribution < -0.4 is 4.74 Å². The minimum atomic E-state index is -3.74. The van der Waals surface area contributed by atoms with Gasteiger partial charge in [0.1, 0.15) is 11.7 Å². The van der Waals surface area contributed by atoms with Crippen molar-refractivity contribution in [3.05, 3.63) is 89.6 Å². The third-order valence-corrected chi connectivity index (χ3v) is 8.54. The molecule has 3 atom stereocenters. The standard InChI is InChI=1S/C29H33N3O5S/c1-21-18-32(22(2)20-33)29(34)26-16-24(15-14-23-10-6-4-7-11-23)17-30-28(26)37-27(21)19-31(3)38(35,36)25-12-8-5-9-13-25/h4-17,21-22,27,33H,18-20H2,1-3H3/b15-14+/t21-,22+,27+/m0/s1. The van der Waals surface area contributed by atoms with Crippen LogP contribution in [0.4, 0.5) is 0 Å². The van der Waals surface area contributed by atoms with Crippen molar-refractivity contribution in [1.29, 1.82) is 0 Å². The largest absolute Gasteiger partial charge is 0.472 e. The van der Waals surface area contributed by atoms with Gasteiger partial charge in [-0.05, 0) is 36.2 Å². The van der Waals surface area contributed by atoms with Crippen LogP contribution in [0, 0.1) is 5.92 Å². The molecule has 0 radical (unpaired) electrons. The third-order valence-electron chi connectivity index (χ3n) is 6.70. The van der Waals surface area contributed by atoms with Crippen LogP contribution in [0.2, 0.25) is 0 Å². The number of sulfonamides is 1. The highest BCUT2D eigenvalue weighted by Crippen LogP contribution is 2.28. The first-order valence-electron chi connectivity index (χ1n) is 12.5. The Morgan fingerprint density at radius 1 is 1.11 bits per heavy atom. The molecule has 0 aliphatic carbocycles. The summed E-state index contributed by atoms with van der Waals surface area (Å²) in [6.07, 6.45) is 4.84. The van der Waals surface area contributed by atoms with Crippen LogP contribution in [-0.2, 0) is 10.0 Å². The molecular formula is C29H33N3O5S. The fraction of sp³-hybridized carbons (Fsp3) is 0.310. The number of rotatable bonds is 8. The smallest absolute Gasteiger partial charge is 0.259 e. The van der Waals surface area contributed by atoms with Crippen molar-refractivity contribution in [1.82, 2.24) is 14.2 Å². The van der Waals surface area contributed by atoms with E-state index in [0.29, 0.717) is 0 Å². The summed E-state index contributed by atoms with van der Waals surface area (Å²) in [6, 6.07) is 19.3. The number of aliphatic hydroxyl groups is 1. The first-order valence-corrected chi connectivity index (χ1v) is 14.0. The second-order valence-corrected chi connectivity index (χ2v) is 11.6. The molecule has 0 saturated heterocycles. The number of aliphatic hydroxyl groups excluding tert-OH is 1. The summed E-state index contributed by atoms with van der Waals surface area (Å²) in [5.41, 5.74) is 2.00. The van der Waals surface area contributed by atoms with E-state index in [4.69, 9.17) is 4.74 Å². The van der Waals surface area contributed by atoms with Gasteiger partial charge < -0.3 is 14.7 Å². The van der Waals surface area contributed by atoms with Crippen molar-refractivity contribution in [2.24, 2.45) is 5.92 Å². The Labute approximate surface area is 224 Å². The van der Waals surface area contributed by atoms with Crippen LogP contribution >= 0.6 is 0 Å². The molecule has 1 aromatic heterocycles. The van der Waals surface area contributed by atoms with E-state index < -0.39 is 22.2 Å². The number of fused-ring (bicyclic) bond motifs is 1. The lowest BCUT2D eigenvalue weighted by atomic mass is 10.00. The molecule has 1 N–H and O–H groups in total. The maximum Gasteiger partial charge on any atom is 0.259 e. The van der Waals surface area contributed by atoms with Gasteiger partial charge in [0.25, 0.3) is 5.91 Å². The van der Waals surface area contributed by atoms with E-state index in [2.05, 4.69) is 4.98 Å². The lowest BCUT2D eigenvalue weighted by Crippen LogP contribution is -2.50. The van der Waals surface area contributed by atoms with Gasteiger partial charge in [0.05, 0.1) is 24.1 Å². The van der Waals surface area contributed by atoms with Crippen molar-refractivity contribution < 1.29 is 23.1 Å². The maximum absolute atomic E-state index is 13.6. The van der Waals surface area contributed by atoms with E-state index in [1.807, 2.05) is 49.4 Å². The molecule has 0 spiro atoms. The number of carbonyl (C=O) groups excluding carboxylic acids is 1. The normalized spacial score (nSPS) is 19.1. The Bertz CT molecular complexity index is 1380. The maximum atomic E-state index is 13.6. The number of hydrogen-bond acceptors (Lipinski definition) is 6. The quantitative estimate of drug-likeness (QED) is 0.471. The Hall–Kier alpha value is -3.53. The van der Waals surface area contributed by atoms with Gasteiger partial charge in [0, 0.05) is 25.7 Å². The van der Waals surface area contributed by atoms with Crippen molar-refractivity contribution in [2.75, 3.05) is 26.7 Å². The molecular weight excluding hydrogens is 502 g/mol. The number of hydrogen-bond donors (Lipinski definition) is 1. The van der Waals surface area contributed by atoms with E-state index in [9.17, 15) is 18.3 Å². The summed E-state index contributed by atoms with van der Waals surface area (Å²) >= 11 is 0. The van der Waals surface area contributed by atoms with Gasteiger partial charge in [-0.3, -0.25) is 4.79 Å². The summed E-state index contributed by atoms with van der Waals surface area (Å²) in [6.45, 7) is 3.82. The summed E-state index contributed by atoms with van der Waals surface area (Å²) in [5, 5.41) is 9.87. The number of aromatic nitrogens is 1. The van der Waals surface area contributed by atoms with Crippen LogP contribution in [-0.4, -0.2) is 72.5 Å². The van der Waals surface area contributed by atoms with Crippen LogP contribution in [0.3, 0.4) is 0 Å². The van der Waals surface area contributed by atoms with Gasteiger partial charge in [-0.2, -0.15) is 4.31 Å². The fourth-order valence-corrected chi connectivity index (χ4v) is 5.51. The number of likely N-dealkylation sites (N-methyl/N-ethyl adjacent to an activating group) is 1. The molecule has 4 rings (SSSR count). The minimum absolute atomic E-state index is 0.0602. The monoisotopic (exact) mass is 535 g/mol. The average Bonchev–Trinajstić information content (AvgIpc) is 2.94. The van der Waals surface area contributed by atoms with Gasteiger partial charge in [-0.15, -0.1) is 0 Å². The van der Waals surface area contributed by atoms with Gasteiger partial charge in [0.2, 0.25) is 15.9 Å². The van der Waals surface area contributed by atoms with Crippen molar-refractivity contribution in [3.63, 3.8) is 0 Å². The summed E-state index contributed by atoms with van der Waals surface area (Å²) in [7, 11) is -2.23. The van der Waals surface area contributed by atoms with Crippen LogP contribution in [0.1, 0.15) is 35.3 Å². The van der Waals surface area contributed by atoms with Crippen LogP contribution in [0.15, 0.2) is 77.8 Å². The summed E-state index contributed by atoms with van der Waals surface area (Å²) in [5.74, 6) is -0.391. The summed E-state index contributed by atoms with van der Waals surface area (Å²) in [4.78, 5) is 19.9. The molecule has 38 heavy (non-hydrogen) atoms. The highest BCUT2D eigenvalue weighted by atomic mass is 32.2. The van der Waals surface area contributed by atoms with Crippen LogP contribution in [0.25, 0.3) is 12.2 Å². The van der Waals surface area contributed by atoms with Crippen molar-refractivity contribution in [2.45, 2.75) is 30.9 Å². The van der Waals surface area contributed by atoms with E-state index >= 15 is 0 Å². The van der Waals surface area contributed by atoms with Crippen molar-refractivity contribution >= 4 is 28.1 Å². The zero-order valence-corrected chi connectivity index (χ0v) is 22.6. The molecule has 1 aliphatic rings. The minimum Gasteiger partial charge on any atom is -0.472 e. The fourth-order valence-electron chi connectivity index (χ4n) is 4.31. The van der Waals surface area contributed by atoms with Gasteiger partial charge in [0.15, 0.2) is 0 Å². The number of amides is 1. The average molecular weight is 536 g/mol. The molecule has 200 valence electrons. The Morgan fingerprint density at radius 2 is 1.74 bits per heavy atom. The second-order valence-electron chi connectivity index (χ2n) is 9.59. The lowest BCUT2D eigenvalue weighted by Gasteiger charge is -2.37. The molecule has 1 aliphatic heterocycles. The highest BCUT2D eigenvalue weighted by molar-refractivity contribution is 7.89. The number of benzene rings is 2. The zero-order chi connectivity index (χ0) is 27.3. The predicted octanol–water partition coefficient (Wildman–Crippen LogP) is 3.79. The molecule has 1 amide bonds. The number of ether oxygens (including phenoxy) is 1. The first kappa shape index (κ1) is 27.5. The Morgan fingerprint density at radius 3 is 2.39 bits per heavy atom. The Balaban J connectivity index is 1.67. The third kappa shape index (κ3) is 6.12. The molecule has 2 aromatic carbocycles. The molecule has 0 bridgehead atoms. The number of nitrogens with zero attached hydrogens (tertiary/aromatic N) is 3. The molecule has 2 heterocycles. The van der Waals surface area contributed by atoms with E-state index in [1.165, 1.54) is 11.4 Å².